The molecule has 2 aromatic carbocycles. The predicted octanol–water partition coefficient (Wildman–Crippen LogP) is 3.90. The number of benzene rings is 2. The Morgan fingerprint density at radius 3 is 2.62 bits per heavy atom. The fourth-order valence-corrected chi connectivity index (χ4v) is 4.11. The Hall–Kier alpha value is -2.82. The molecule has 0 atom stereocenters. The molecule has 5 heteroatoms. The maximum Gasteiger partial charge on any atom is 0.335 e. The molecule has 2 N–H and O–H groups in total. The van der Waals surface area contributed by atoms with E-state index in [4.69, 9.17) is 4.74 Å². The van der Waals surface area contributed by atoms with Crippen LogP contribution in [0.2, 0.25) is 0 Å². The van der Waals surface area contributed by atoms with Gasteiger partial charge in [-0.1, -0.05) is 18.2 Å². The molecule has 1 amide bonds. The second kappa shape index (κ2) is 6.16. The highest BCUT2D eigenvalue weighted by Gasteiger charge is 2.49. The third-order valence-electron chi connectivity index (χ3n) is 5.64. The molecule has 1 heterocycles. The number of hydrogen-bond acceptors (Lipinski definition) is 3. The van der Waals surface area contributed by atoms with Crippen molar-refractivity contribution in [2.75, 3.05) is 5.32 Å². The van der Waals surface area contributed by atoms with Crippen LogP contribution in [-0.4, -0.2) is 23.1 Å². The van der Waals surface area contributed by atoms with Crippen LogP contribution in [0.25, 0.3) is 0 Å². The number of carboxylic acid groups (broad SMARTS) is 1. The van der Waals surface area contributed by atoms with Crippen LogP contribution < -0.4 is 10.1 Å². The van der Waals surface area contributed by atoms with E-state index in [0.29, 0.717) is 12.8 Å². The quantitative estimate of drug-likeness (QED) is 0.879. The average molecular weight is 351 g/mol. The number of carboxylic acids is 1. The van der Waals surface area contributed by atoms with Crippen molar-refractivity contribution in [2.45, 2.75) is 44.1 Å². The minimum atomic E-state index is -0.973. The number of aromatic carboxylic acids is 1. The molecule has 2 aliphatic rings. The molecule has 134 valence electrons. The van der Waals surface area contributed by atoms with Crippen LogP contribution in [0.1, 0.15) is 47.2 Å². The van der Waals surface area contributed by atoms with Gasteiger partial charge in [-0.25, -0.2) is 4.79 Å². The van der Waals surface area contributed by atoms with Crippen LogP contribution in [0, 0.1) is 6.92 Å². The predicted molar refractivity (Wildman–Crippen MR) is 97.8 cm³/mol. The van der Waals surface area contributed by atoms with Gasteiger partial charge in [-0.2, -0.15) is 0 Å². The lowest BCUT2D eigenvalue weighted by Crippen LogP contribution is -2.41. The molecule has 1 saturated carbocycles. The third kappa shape index (κ3) is 2.64. The van der Waals surface area contributed by atoms with Crippen molar-refractivity contribution in [3.8, 4) is 5.75 Å². The Balaban J connectivity index is 1.55. The van der Waals surface area contributed by atoms with Crippen molar-refractivity contribution >= 4 is 17.6 Å². The van der Waals surface area contributed by atoms with E-state index in [-0.39, 0.29) is 17.6 Å². The lowest BCUT2D eigenvalue weighted by atomic mass is 9.69. The summed E-state index contributed by atoms with van der Waals surface area (Å²) in [5.74, 6) is -0.110. The zero-order chi connectivity index (χ0) is 18.3. The summed E-state index contributed by atoms with van der Waals surface area (Å²) in [4.78, 5) is 24.0. The van der Waals surface area contributed by atoms with Crippen LogP contribution in [0.5, 0.6) is 5.75 Å². The van der Waals surface area contributed by atoms with E-state index in [1.807, 2.05) is 31.2 Å². The second-order valence-electron chi connectivity index (χ2n) is 7.18. The van der Waals surface area contributed by atoms with Gasteiger partial charge < -0.3 is 15.2 Å². The van der Waals surface area contributed by atoms with E-state index in [1.165, 1.54) is 6.07 Å². The van der Waals surface area contributed by atoms with Crippen molar-refractivity contribution in [1.29, 1.82) is 0 Å². The van der Waals surface area contributed by atoms with Crippen molar-refractivity contribution in [3.63, 3.8) is 0 Å². The number of aryl methyl sites for hydroxylation is 1. The Labute approximate surface area is 152 Å². The lowest BCUT2D eigenvalue weighted by Gasteiger charge is -2.36. The zero-order valence-electron chi connectivity index (χ0n) is 14.6. The van der Waals surface area contributed by atoms with Gasteiger partial charge in [0.1, 0.15) is 5.75 Å². The summed E-state index contributed by atoms with van der Waals surface area (Å²) in [6.07, 6.45) is 2.91. The number of nitrogens with one attached hydrogen (secondary N) is 1. The molecule has 1 aliphatic carbocycles. The van der Waals surface area contributed by atoms with E-state index in [1.54, 1.807) is 12.1 Å². The fourth-order valence-electron chi connectivity index (χ4n) is 4.11. The monoisotopic (exact) mass is 351 g/mol. The average Bonchev–Trinajstić information content (AvgIpc) is 2.90. The van der Waals surface area contributed by atoms with E-state index in [9.17, 15) is 14.7 Å². The first-order chi connectivity index (χ1) is 12.5. The highest BCUT2D eigenvalue weighted by atomic mass is 16.5. The molecule has 0 aromatic heterocycles. The number of carbonyl (C=O) groups excluding carboxylic acids is 1. The largest absolute Gasteiger partial charge is 0.490 e. The SMILES string of the molecule is Cc1ccccc1O[C@H]1CC[C@@]2(CC1)C(=O)Nc1ccc(C(=O)O)cc12. The molecule has 26 heavy (non-hydrogen) atoms. The molecule has 1 aliphatic heterocycles. The number of para-hydroxylation sites is 1. The molecule has 4 rings (SSSR count). The fraction of sp³-hybridized carbons (Fsp3) is 0.333. The maximum atomic E-state index is 12.7. The van der Waals surface area contributed by atoms with Gasteiger partial charge in [-0.3, -0.25) is 4.79 Å². The molecule has 1 fully saturated rings. The molecule has 0 unspecified atom stereocenters. The second-order valence-corrected chi connectivity index (χ2v) is 7.18. The Morgan fingerprint density at radius 1 is 1.19 bits per heavy atom. The summed E-state index contributed by atoms with van der Waals surface area (Å²) in [6, 6.07) is 12.8. The molecular weight excluding hydrogens is 330 g/mol. The number of amides is 1. The number of fused-ring (bicyclic) bond motifs is 2. The van der Waals surface area contributed by atoms with E-state index in [0.717, 1.165) is 35.4 Å². The van der Waals surface area contributed by atoms with Crippen LogP contribution in [0.3, 0.4) is 0 Å². The van der Waals surface area contributed by atoms with Gasteiger partial charge in [-0.15, -0.1) is 0 Å². The Bertz CT molecular complexity index is 881. The molecule has 0 radical (unpaired) electrons. The number of anilines is 1. The van der Waals surface area contributed by atoms with Gasteiger partial charge in [0.25, 0.3) is 0 Å². The van der Waals surface area contributed by atoms with Gasteiger partial charge >= 0.3 is 5.97 Å². The highest BCUT2D eigenvalue weighted by molar-refractivity contribution is 6.07. The van der Waals surface area contributed by atoms with Gasteiger partial charge in [0.15, 0.2) is 0 Å². The lowest BCUT2D eigenvalue weighted by molar-refractivity contribution is -0.122. The van der Waals surface area contributed by atoms with Gasteiger partial charge in [-0.05, 0) is 68.0 Å². The minimum Gasteiger partial charge on any atom is -0.490 e. The normalized spacial score (nSPS) is 24.2. The van der Waals surface area contributed by atoms with Crippen molar-refractivity contribution in [3.05, 3.63) is 59.2 Å². The molecule has 2 aromatic rings. The van der Waals surface area contributed by atoms with Crippen LogP contribution in [-0.2, 0) is 10.2 Å². The first kappa shape index (κ1) is 16.6. The Morgan fingerprint density at radius 2 is 1.92 bits per heavy atom. The summed E-state index contributed by atoms with van der Waals surface area (Å²) in [6.45, 7) is 2.02. The van der Waals surface area contributed by atoms with Crippen LogP contribution in [0.15, 0.2) is 42.5 Å². The first-order valence-corrected chi connectivity index (χ1v) is 8.91. The maximum absolute atomic E-state index is 12.7. The smallest absolute Gasteiger partial charge is 0.335 e. The summed E-state index contributed by atoms with van der Waals surface area (Å²) in [5, 5.41) is 12.2. The van der Waals surface area contributed by atoms with Gasteiger partial charge in [0.2, 0.25) is 5.91 Å². The van der Waals surface area contributed by atoms with Crippen molar-refractivity contribution in [1.82, 2.24) is 0 Å². The van der Waals surface area contributed by atoms with E-state index >= 15 is 0 Å². The third-order valence-corrected chi connectivity index (χ3v) is 5.64. The van der Waals surface area contributed by atoms with Crippen LogP contribution in [0.4, 0.5) is 5.69 Å². The van der Waals surface area contributed by atoms with Crippen molar-refractivity contribution in [2.24, 2.45) is 0 Å². The standard InChI is InChI=1S/C21H21NO4/c1-13-4-2-3-5-18(13)26-15-8-10-21(11-9-15)16-12-14(19(23)24)6-7-17(16)22-20(21)25/h2-7,12,15H,8-11H2,1H3,(H,22,25)(H,23,24)/t15-,21-. The number of hydrogen-bond donors (Lipinski definition) is 2. The zero-order valence-corrected chi connectivity index (χ0v) is 14.6. The first-order valence-electron chi connectivity index (χ1n) is 8.91. The molecule has 0 saturated heterocycles. The molecule has 0 bridgehead atoms. The molecule has 1 spiro atoms. The number of rotatable bonds is 3. The minimum absolute atomic E-state index is 0.0237. The number of carbonyl (C=O) groups is 2. The van der Waals surface area contributed by atoms with E-state index in [2.05, 4.69) is 5.32 Å². The van der Waals surface area contributed by atoms with E-state index < -0.39 is 11.4 Å². The topological polar surface area (TPSA) is 75.6 Å². The Kier molecular flexibility index (Phi) is 3.94. The summed E-state index contributed by atoms with van der Waals surface area (Å²) in [5.41, 5.74) is 2.24. The van der Waals surface area contributed by atoms with Gasteiger partial charge in [0, 0.05) is 5.69 Å². The summed E-state index contributed by atoms with van der Waals surface area (Å²) >= 11 is 0. The summed E-state index contributed by atoms with van der Waals surface area (Å²) < 4.78 is 6.15. The highest BCUT2D eigenvalue weighted by Crippen LogP contribution is 2.48. The molecular formula is C21H21NO4. The van der Waals surface area contributed by atoms with Gasteiger partial charge in [0.05, 0.1) is 17.1 Å². The van der Waals surface area contributed by atoms with Crippen molar-refractivity contribution < 1.29 is 19.4 Å². The van der Waals surface area contributed by atoms with Crippen LogP contribution >= 0.6 is 0 Å². The number of ether oxygens (including phenoxy) is 1. The molecule has 5 nitrogen and oxygen atoms in total. The summed E-state index contributed by atoms with van der Waals surface area (Å²) in [7, 11) is 0.